The summed E-state index contributed by atoms with van der Waals surface area (Å²) >= 11 is 1.62. The molecular formula is C21H23F3N4OS. The van der Waals surface area contributed by atoms with Crippen molar-refractivity contribution < 1.29 is 17.9 Å². The van der Waals surface area contributed by atoms with E-state index in [1.165, 1.54) is 0 Å². The molecule has 0 bridgehead atoms. The van der Waals surface area contributed by atoms with Crippen LogP contribution in [0.1, 0.15) is 6.42 Å². The van der Waals surface area contributed by atoms with Crippen molar-refractivity contribution in [2.75, 3.05) is 50.8 Å². The second-order valence-electron chi connectivity index (χ2n) is 7.22. The topological polar surface area (TPSA) is 41.5 Å². The van der Waals surface area contributed by atoms with Crippen LogP contribution in [0.5, 0.6) is 0 Å². The van der Waals surface area contributed by atoms with Crippen LogP contribution in [0.4, 0.5) is 19.0 Å². The van der Waals surface area contributed by atoms with Crippen molar-refractivity contribution in [2.24, 2.45) is 0 Å². The van der Waals surface area contributed by atoms with Gasteiger partial charge in [-0.15, -0.1) is 11.3 Å². The van der Waals surface area contributed by atoms with E-state index in [9.17, 15) is 13.2 Å². The van der Waals surface area contributed by atoms with Gasteiger partial charge in [-0.3, -0.25) is 4.90 Å². The lowest BCUT2D eigenvalue weighted by Gasteiger charge is -2.36. The van der Waals surface area contributed by atoms with Crippen molar-refractivity contribution in [1.82, 2.24) is 14.9 Å². The van der Waals surface area contributed by atoms with Crippen LogP contribution in [0, 0.1) is 0 Å². The molecule has 9 heteroatoms. The predicted molar refractivity (Wildman–Crippen MR) is 113 cm³/mol. The van der Waals surface area contributed by atoms with Crippen LogP contribution in [0.25, 0.3) is 21.6 Å². The summed E-state index contributed by atoms with van der Waals surface area (Å²) in [5.74, 6) is 1.68. The minimum atomic E-state index is -4.26. The molecule has 1 saturated heterocycles. The van der Waals surface area contributed by atoms with Gasteiger partial charge in [0, 0.05) is 44.7 Å². The Morgan fingerprint density at radius 2 is 1.80 bits per heavy atom. The maximum absolute atomic E-state index is 12.1. The molecule has 1 aliphatic rings. The number of piperazine rings is 1. The number of anilines is 1. The van der Waals surface area contributed by atoms with Crippen LogP contribution in [0.2, 0.25) is 0 Å². The van der Waals surface area contributed by atoms with Crippen molar-refractivity contribution in [2.45, 2.75) is 12.6 Å². The molecule has 3 aromatic rings. The molecule has 1 aliphatic heterocycles. The van der Waals surface area contributed by atoms with Crippen LogP contribution in [-0.2, 0) is 4.74 Å². The number of nitrogens with zero attached hydrogens (tertiary/aromatic N) is 4. The molecule has 0 spiro atoms. The van der Waals surface area contributed by atoms with Gasteiger partial charge in [0.25, 0.3) is 0 Å². The first-order valence-electron chi connectivity index (χ1n) is 9.92. The molecule has 2 aromatic heterocycles. The normalized spacial score (nSPS) is 15.8. The zero-order valence-corrected chi connectivity index (χ0v) is 17.3. The van der Waals surface area contributed by atoms with Gasteiger partial charge >= 0.3 is 6.18 Å². The molecule has 0 saturated carbocycles. The molecule has 30 heavy (non-hydrogen) atoms. The smallest absolute Gasteiger partial charge is 0.372 e. The highest BCUT2D eigenvalue weighted by atomic mass is 32.1. The molecule has 0 amide bonds. The van der Waals surface area contributed by atoms with E-state index in [2.05, 4.69) is 9.80 Å². The average Bonchev–Trinajstić information content (AvgIpc) is 3.27. The first kappa shape index (κ1) is 21.0. The Hall–Kier alpha value is -2.23. The predicted octanol–water partition coefficient (Wildman–Crippen LogP) is 4.45. The SMILES string of the molecule is FC(F)(F)COCCCN1CCN(c2nc(-c3cccs3)nc3ccccc23)CC1. The number of fused-ring (bicyclic) bond motifs is 1. The second-order valence-corrected chi connectivity index (χ2v) is 8.16. The molecular weight excluding hydrogens is 413 g/mol. The van der Waals surface area contributed by atoms with Gasteiger partial charge in [-0.1, -0.05) is 18.2 Å². The van der Waals surface area contributed by atoms with Gasteiger partial charge in [0.2, 0.25) is 0 Å². The number of alkyl halides is 3. The molecule has 0 atom stereocenters. The quantitative estimate of drug-likeness (QED) is 0.512. The monoisotopic (exact) mass is 436 g/mol. The van der Waals surface area contributed by atoms with E-state index >= 15 is 0 Å². The zero-order valence-electron chi connectivity index (χ0n) is 16.4. The number of thiophene rings is 1. The fourth-order valence-corrected chi connectivity index (χ4v) is 4.24. The molecule has 3 heterocycles. The summed E-state index contributed by atoms with van der Waals surface area (Å²) in [5.41, 5.74) is 0.926. The highest BCUT2D eigenvalue weighted by molar-refractivity contribution is 7.13. The first-order chi connectivity index (χ1) is 14.5. The Labute approximate surface area is 177 Å². The van der Waals surface area contributed by atoms with Crippen molar-refractivity contribution in [3.05, 3.63) is 41.8 Å². The van der Waals surface area contributed by atoms with Gasteiger partial charge in [-0.05, 0) is 30.0 Å². The molecule has 5 nitrogen and oxygen atoms in total. The van der Waals surface area contributed by atoms with Gasteiger partial charge in [-0.2, -0.15) is 13.2 Å². The Morgan fingerprint density at radius 3 is 2.53 bits per heavy atom. The highest BCUT2D eigenvalue weighted by Crippen LogP contribution is 2.30. The van der Waals surface area contributed by atoms with Crippen molar-refractivity contribution in [3.8, 4) is 10.7 Å². The molecule has 1 fully saturated rings. The summed E-state index contributed by atoms with van der Waals surface area (Å²) in [5, 5.41) is 3.05. The molecule has 160 valence electrons. The van der Waals surface area contributed by atoms with Gasteiger partial charge in [0.15, 0.2) is 5.82 Å². The minimum Gasteiger partial charge on any atom is -0.372 e. The van der Waals surface area contributed by atoms with Crippen molar-refractivity contribution >= 4 is 28.1 Å². The van der Waals surface area contributed by atoms with E-state index in [-0.39, 0.29) is 6.61 Å². The average molecular weight is 437 g/mol. The fraction of sp³-hybridized carbons (Fsp3) is 0.429. The number of rotatable bonds is 7. The van der Waals surface area contributed by atoms with Crippen LogP contribution in [0.3, 0.4) is 0 Å². The summed E-state index contributed by atoms with van der Waals surface area (Å²) in [7, 11) is 0. The number of aromatic nitrogens is 2. The van der Waals surface area contributed by atoms with Gasteiger partial charge in [-0.25, -0.2) is 9.97 Å². The lowest BCUT2D eigenvalue weighted by Crippen LogP contribution is -2.47. The van der Waals surface area contributed by atoms with E-state index in [4.69, 9.17) is 14.7 Å². The number of ether oxygens (including phenoxy) is 1. The fourth-order valence-electron chi connectivity index (χ4n) is 3.58. The maximum atomic E-state index is 12.1. The Bertz CT molecular complexity index is 957. The molecule has 4 rings (SSSR count). The number of benzene rings is 1. The summed E-state index contributed by atoms with van der Waals surface area (Å²) in [4.78, 5) is 15.2. The Morgan fingerprint density at radius 1 is 1.00 bits per heavy atom. The van der Waals surface area contributed by atoms with E-state index in [0.717, 1.165) is 60.1 Å². The van der Waals surface area contributed by atoms with Crippen LogP contribution < -0.4 is 4.90 Å². The van der Waals surface area contributed by atoms with Gasteiger partial charge in [0.1, 0.15) is 12.4 Å². The maximum Gasteiger partial charge on any atom is 0.411 e. The molecule has 0 radical (unpaired) electrons. The molecule has 0 N–H and O–H groups in total. The number of halogens is 3. The van der Waals surface area contributed by atoms with Crippen LogP contribution in [-0.4, -0.2) is 67.0 Å². The van der Waals surface area contributed by atoms with E-state index in [1.54, 1.807) is 11.3 Å². The third kappa shape index (κ3) is 5.27. The number of para-hydroxylation sites is 1. The molecule has 0 aliphatic carbocycles. The third-order valence-electron chi connectivity index (χ3n) is 5.03. The van der Waals surface area contributed by atoms with Gasteiger partial charge in [0.05, 0.1) is 10.4 Å². The Kier molecular flexibility index (Phi) is 6.50. The van der Waals surface area contributed by atoms with Crippen LogP contribution in [0.15, 0.2) is 41.8 Å². The summed E-state index contributed by atoms with van der Waals surface area (Å²) in [6.45, 7) is 2.99. The lowest BCUT2D eigenvalue weighted by molar-refractivity contribution is -0.174. The van der Waals surface area contributed by atoms with E-state index in [1.807, 2.05) is 41.8 Å². The van der Waals surface area contributed by atoms with Gasteiger partial charge < -0.3 is 9.64 Å². The highest BCUT2D eigenvalue weighted by Gasteiger charge is 2.27. The minimum absolute atomic E-state index is 0.125. The standard InChI is InChI=1S/C21H23F3N4OS/c22-21(23,24)15-29-13-4-8-27-9-11-28(12-10-27)20-16-5-1-2-6-17(16)25-19(26-20)18-7-3-14-30-18/h1-3,5-7,14H,4,8-13,15H2. The van der Waals surface area contributed by atoms with E-state index < -0.39 is 12.8 Å². The third-order valence-corrected chi connectivity index (χ3v) is 5.89. The summed E-state index contributed by atoms with van der Waals surface area (Å²) in [6, 6.07) is 12.1. The summed E-state index contributed by atoms with van der Waals surface area (Å²) in [6.07, 6.45) is -3.66. The first-order valence-corrected chi connectivity index (χ1v) is 10.8. The van der Waals surface area contributed by atoms with Crippen molar-refractivity contribution in [3.63, 3.8) is 0 Å². The Balaban J connectivity index is 1.39. The molecule has 0 unspecified atom stereocenters. The number of hydrogen-bond donors (Lipinski definition) is 0. The zero-order chi connectivity index (χ0) is 21.0. The molecule has 1 aromatic carbocycles. The van der Waals surface area contributed by atoms with Crippen molar-refractivity contribution in [1.29, 1.82) is 0 Å². The second kappa shape index (κ2) is 9.28. The van der Waals surface area contributed by atoms with Crippen LogP contribution >= 0.6 is 11.3 Å². The largest absolute Gasteiger partial charge is 0.411 e. The van der Waals surface area contributed by atoms with E-state index in [0.29, 0.717) is 6.42 Å². The lowest BCUT2D eigenvalue weighted by atomic mass is 10.2. The summed E-state index contributed by atoms with van der Waals surface area (Å²) < 4.78 is 41.1. The number of hydrogen-bond acceptors (Lipinski definition) is 6.